The van der Waals surface area contributed by atoms with Crippen molar-refractivity contribution in [2.75, 3.05) is 6.61 Å². The third-order valence-electron chi connectivity index (χ3n) is 4.56. The lowest BCUT2D eigenvalue weighted by molar-refractivity contribution is -0.139. The number of carbonyl (C=O) groups is 3. The number of benzene rings is 1. The van der Waals surface area contributed by atoms with Crippen LogP contribution >= 0.6 is 0 Å². The molecule has 1 aromatic carbocycles. The summed E-state index contributed by atoms with van der Waals surface area (Å²) >= 11 is 0. The van der Waals surface area contributed by atoms with Gasteiger partial charge in [-0.25, -0.2) is 9.59 Å². The predicted molar refractivity (Wildman–Crippen MR) is 120 cm³/mol. The first-order valence-corrected chi connectivity index (χ1v) is 10.5. The second-order valence-corrected chi connectivity index (χ2v) is 8.64. The summed E-state index contributed by atoms with van der Waals surface area (Å²) in [4.78, 5) is 41.0. The third-order valence-corrected chi connectivity index (χ3v) is 4.56. The summed E-state index contributed by atoms with van der Waals surface area (Å²) in [6.45, 7) is 10.8. The number of fused-ring (bicyclic) bond motifs is 1. The van der Waals surface area contributed by atoms with Crippen molar-refractivity contribution >= 4 is 28.7 Å². The van der Waals surface area contributed by atoms with E-state index in [4.69, 9.17) is 9.47 Å². The Bertz CT molecular complexity index is 966. The minimum atomic E-state index is -0.905. The highest BCUT2D eigenvalue weighted by Crippen LogP contribution is 2.20. The monoisotopic (exact) mass is 428 g/mol. The second-order valence-electron chi connectivity index (χ2n) is 8.64. The smallest absolute Gasteiger partial charge is 0.408 e. The standard InChI is InChI=1S/C24H32N2O5/c1-7-30-22(28)18(15(2)3)13-21(27)20(26-23(29)31-24(4,5)6)12-16-14-25-19-11-9-8-10-17(16)19/h8-11,13-15,20,25H,7,12H2,1-6H3,(H,26,29)/b18-13+/t20-/m0/s1. The Balaban J connectivity index is 2.35. The highest BCUT2D eigenvalue weighted by Gasteiger charge is 2.26. The summed E-state index contributed by atoms with van der Waals surface area (Å²) in [5.41, 5.74) is 1.37. The van der Waals surface area contributed by atoms with Crippen LogP contribution in [0.4, 0.5) is 4.79 Å². The van der Waals surface area contributed by atoms with Gasteiger partial charge in [0, 0.05) is 29.1 Å². The van der Waals surface area contributed by atoms with E-state index in [-0.39, 0.29) is 24.5 Å². The normalized spacial score (nSPS) is 13.2. The lowest BCUT2D eigenvalue weighted by Crippen LogP contribution is -2.44. The zero-order valence-corrected chi connectivity index (χ0v) is 19.1. The summed E-state index contributed by atoms with van der Waals surface area (Å²) in [7, 11) is 0. The Morgan fingerprint density at radius 2 is 1.84 bits per heavy atom. The number of nitrogens with one attached hydrogen (secondary N) is 2. The molecule has 2 N–H and O–H groups in total. The molecule has 0 bridgehead atoms. The van der Waals surface area contributed by atoms with Crippen LogP contribution in [0.15, 0.2) is 42.1 Å². The zero-order chi connectivity index (χ0) is 23.2. The number of carbonyl (C=O) groups excluding carboxylic acids is 3. The number of para-hydroxylation sites is 1. The SMILES string of the molecule is CCOC(=O)/C(=C/C(=O)[C@H](Cc1c[nH]c2ccccc12)NC(=O)OC(C)(C)C)C(C)C. The Morgan fingerprint density at radius 1 is 1.16 bits per heavy atom. The van der Waals surface area contributed by atoms with Crippen molar-refractivity contribution in [1.82, 2.24) is 10.3 Å². The van der Waals surface area contributed by atoms with Gasteiger partial charge in [0.25, 0.3) is 0 Å². The number of ether oxygens (including phenoxy) is 2. The summed E-state index contributed by atoms with van der Waals surface area (Å²) in [5.74, 6) is -1.14. The van der Waals surface area contributed by atoms with Crippen LogP contribution in [0, 0.1) is 5.92 Å². The van der Waals surface area contributed by atoms with Gasteiger partial charge >= 0.3 is 12.1 Å². The molecule has 1 amide bonds. The zero-order valence-electron chi connectivity index (χ0n) is 19.1. The molecule has 0 spiro atoms. The number of rotatable bonds is 8. The molecule has 0 saturated heterocycles. The number of alkyl carbamates (subject to hydrolysis) is 1. The van der Waals surface area contributed by atoms with Gasteiger partial charge in [-0.1, -0.05) is 32.0 Å². The van der Waals surface area contributed by atoms with Crippen LogP contribution in [0.3, 0.4) is 0 Å². The number of amides is 1. The minimum absolute atomic E-state index is 0.210. The molecule has 0 aliphatic heterocycles. The lowest BCUT2D eigenvalue weighted by Gasteiger charge is -2.23. The van der Waals surface area contributed by atoms with Gasteiger partial charge in [-0.05, 0) is 51.3 Å². The van der Waals surface area contributed by atoms with Crippen molar-refractivity contribution in [3.63, 3.8) is 0 Å². The van der Waals surface area contributed by atoms with Crippen LogP contribution in [-0.2, 0) is 25.5 Å². The van der Waals surface area contributed by atoms with Crippen molar-refractivity contribution in [3.05, 3.63) is 47.7 Å². The Hall–Kier alpha value is -3.09. The van der Waals surface area contributed by atoms with E-state index in [9.17, 15) is 14.4 Å². The van der Waals surface area contributed by atoms with Gasteiger partial charge in [0.05, 0.1) is 12.6 Å². The topological polar surface area (TPSA) is 97.5 Å². The average Bonchev–Trinajstić information content (AvgIpc) is 3.06. The molecule has 0 unspecified atom stereocenters. The van der Waals surface area contributed by atoms with Crippen molar-refractivity contribution in [2.45, 2.75) is 59.6 Å². The van der Waals surface area contributed by atoms with Crippen LogP contribution in [0.25, 0.3) is 10.9 Å². The summed E-state index contributed by atoms with van der Waals surface area (Å²) in [6.07, 6.45) is 2.65. The van der Waals surface area contributed by atoms with Gasteiger partial charge in [0.2, 0.25) is 0 Å². The van der Waals surface area contributed by atoms with E-state index in [0.29, 0.717) is 0 Å². The summed E-state index contributed by atoms with van der Waals surface area (Å²) in [6, 6.07) is 6.81. The van der Waals surface area contributed by atoms with Crippen molar-refractivity contribution in [3.8, 4) is 0 Å². The van der Waals surface area contributed by atoms with Gasteiger partial charge in [-0.15, -0.1) is 0 Å². The summed E-state index contributed by atoms with van der Waals surface area (Å²) < 4.78 is 10.4. The maximum atomic E-state index is 13.2. The van der Waals surface area contributed by atoms with Gasteiger partial charge in [-0.2, -0.15) is 0 Å². The number of esters is 1. The van der Waals surface area contributed by atoms with Crippen molar-refractivity contribution in [1.29, 1.82) is 0 Å². The minimum Gasteiger partial charge on any atom is -0.463 e. The molecule has 2 rings (SSSR count). The first-order valence-electron chi connectivity index (χ1n) is 10.5. The number of hydrogen-bond donors (Lipinski definition) is 2. The molecule has 0 fully saturated rings. The fourth-order valence-corrected chi connectivity index (χ4v) is 3.12. The van der Waals surface area contributed by atoms with Gasteiger partial charge in [-0.3, -0.25) is 4.79 Å². The molecule has 1 atom stereocenters. The number of ketones is 1. The first-order chi connectivity index (χ1) is 14.5. The Kier molecular flexibility index (Phi) is 8.02. The van der Waals surface area contributed by atoms with E-state index in [1.807, 2.05) is 44.3 Å². The van der Waals surface area contributed by atoms with E-state index in [1.165, 1.54) is 6.08 Å². The maximum absolute atomic E-state index is 13.2. The van der Waals surface area contributed by atoms with Crippen LogP contribution in [0.5, 0.6) is 0 Å². The average molecular weight is 429 g/mol. The lowest BCUT2D eigenvalue weighted by atomic mass is 9.96. The summed E-state index contributed by atoms with van der Waals surface area (Å²) in [5, 5.41) is 3.63. The molecule has 0 aliphatic rings. The number of H-pyrrole nitrogens is 1. The predicted octanol–water partition coefficient (Wildman–Crippen LogP) is 4.32. The molecule has 7 heteroatoms. The Labute approximate surface area is 183 Å². The van der Waals surface area contributed by atoms with Gasteiger partial charge < -0.3 is 19.8 Å². The molecule has 168 valence electrons. The van der Waals surface area contributed by atoms with Crippen LogP contribution in [-0.4, -0.2) is 41.1 Å². The molecular weight excluding hydrogens is 396 g/mol. The molecule has 31 heavy (non-hydrogen) atoms. The van der Waals surface area contributed by atoms with Crippen molar-refractivity contribution < 1.29 is 23.9 Å². The largest absolute Gasteiger partial charge is 0.463 e. The van der Waals surface area contributed by atoms with Gasteiger partial charge in [0.1, 0.15) is 5.60 Å². The third kappa shape index (κ3) is 6.98. The maximum Gasteiger partial charge on any atom is 0.408 e. The molecule has 2 aromatic rings. The first kappa shape index (κ1) is 24.2. The quantitative estimate of drug-likeness (QED) is 0.482. The highest BCUT2D eigenvalue weighted by atomic mass is 16.6. The van der Waals surface area contributed by atoms with Crippen LogP contribution in [0.1, 0.15) is 47.1 Å². The van der Waals surface area contributed by atoms with Gasteiger partial charge in [0.15, 0.2) is 5.78 Å². The van der Waals surface area contributed by atoms with Crippen LogP contribution in [0.2, 0.25) is 0 Å². The second kappa shape index (κ2) is 10.3. The fourth-order valence-electron chi connectivity index (χ4n) is 3.12. The highest BCUT2D eigenvalue weighted by molar-refractivity contribution is 6.03. The van der Waals surface area contributed by atoms with E-state index < -0.39 is 29.5 Å². The molecule has 0 saturated carbocycles. The molecule has 1 aromatic heterocycles. The van der Waals surface area contributed by atoms with E-state index >= 15 is 0 Å². The van der Waals surface area contributed by atoms with E-state index in [0.717, 1.165) is 16.5 Å². The Morgan fingerprint density at radius 3 is 2.45 bits per heavy atom. The molecule has 0 radical (unpaired) electrons. The molecular formula is C24H32N2O5. The molecule has 1 heterocycles. The van der Waals surface area contributed by atoms with Crippen LogP contribution < -0.4 is 5.32 Å². The number of hydrogen-bond acceptors (Lipinski definition) is 5. The van der Waals surface area contributed by atoms with Crippen molar-refractivity contribution in [2.24, 2.45) is 5.92 Å². The fraction of sp³-hybridized carbons (Fsp3) is 0.458. The van der Waals surface area contributed by atoms with E-state index in [2.05, 4.69) is 10.3 Å². The number of aromatic nitrogens is 1. The van der Waals surface area contributed by atoms with E-state index in [1.54, 1.807) is 27.7 Å². The number of aromatic amines is 1. The molecule has 7 nitrogen and oxygen atoms in total. The molecule has 0 aliphatic carbocycles.